The summed E-state index contributed by atoms with van der Waals surface area (Å²) in [5.74, 6) is 0.181. The molecule has 14 rings (SSSR count). The molecule has 0 bridgehead atoms. The van der Waals surface area contributed by atoms with Crippen LogP contribution in [0.3, 0.4) is 0 Å². The quantitative estimate of drug-likeness (QED) is 0.00818. The average molecular weight is 2120 g/mol. The first-order valence-corrected chi connectivity index (χ1v) is 54.6. The number of hydrogen-bond donors (Lipinski definition) is 7. The van der Waals surface area contributed by atoms with Crippen molar-refractivity contribution in [1.29, 1.82) is 5.26 Å². The van der Waals surface area contributed by atoms with E-state index in [0.717, 1.165) is 169 Å². The Hall–Kier alpha value is -9.76. The molecule has 33 nitrogen and oxygen atoms in total. The maximum Gasteiger partial charge on any atom is 0.341 e. The van der Waals surface area contributed by atoms with Crippen LogP contribution in [0, 0.1) is 70.9 Å². The lowest BCUT2D eigenvalue weighted by Gasteiger charge is -2.41. The Morgan fingerprint density at radius 2 is 0.790 bits per heavy atom. The molecule has 5 aliphatic heterocycles. The molecule has 776 valence electrons. The first-order valence-electron chi connectivity index (χ1n) is 49.3. The average Bonchev–Trinajstić information content (AvgIpc) is 1.55. The second kappa shape index (κ2) is 56.2. The highest BCUT2D eigenvalue weighted by molar-refractivity contribution is 7.08. The third-order valence-corrected chi connectivity index (χ3v) is 31.7. The number of nitriles is 1. The number of thiophene rings is 4. The number of aryl methyl sites for hydroxylation is 7. The third kappa shape index (κ3) is 33.4. The van der Waals surface area contributed by atoms with Gasteiger partial charge in [-0.1, -0.05) is 23.2 Å². The fourth-order valence-electron chi connectivity index (χ4n) is 19.4. The molecule has 1 saturated carbocycles. The second-order valence-electron chi connectivity index (χ2n) is 37.9. The summed E-state index contributed by atoms with van der Waals surface area (Å²) < 4.78 is 0.340. The Labute approximate surface area is 876 Å². The van der Waals surface area contributed by atoms with Crippen molar-refractivity contribution in [3.8, 4) is 6.07 Å². The number of nitrogens with one attached hydrogen (secondary N) is 7. The molecule has 0 unspecified atom stereocenters. The van der Waals surface area contributed by atoms with Gasteiger partial charge in [-0.05, 0) is 325 Å². The van der Waals surface area contributed by atoms with Gasteiger partial charge in [-0.25, -0.2) is 40.3 Å². The molecule has 0 spiro atoms. The third-order valence-electron chi connectivity index (χ3n) is 27.8. The van der Waals surface area contributed by atoms with Gasteiger partial charge in [-0.3, -0.25) is 38.4 Å². The van der Waals surface area contributed by atoms with E-state index in [1.165, 1.54) is 38.7 Å². The van der Waals surface area contributed by atoms with Gasteiger partial charge in [0.05, 0.1) is 48.0 Å². The van der Waals surface area contributed by atoms with Crippen LogP contribution in [0.2, 0.25) is 20.6 Å². The van der Waals surface area contributed by atoms with Crippen molar-refractivity contribution in [2.45, 2.75) is 247 Å². The lowest BCUT2D eigenvalue weighted by molar-refractivity contribution is -0.600. The highest BCUT2D eigenvalue weighted by Crippen LogP contribution is 2.36. The van der Waals surface area contributed by atoms with Gasteiger partial charge in [0.15, 0.2) is 0 Å². The lowest BCUT2D eigenvalue weighted by Crippen LogP contribution is -2.51. The maximum atomic E-state index is 13.3. The van der Waals surface area contributed by atoms with Crippen molar-refractivity contribution in [3.63, 3.8) is 0 Å². The van der Waals surface area contributed by atoms with Crippen molar-refractivity contribution in [2.75, 3.05) is 112 Å². The van der Waals surface area contributed by atoms with Crippen LogP contribution < -0.4 is 42.3 Å². The highest BCUT2D eigenvalue weighted by atomic mass is 35.5. The van der Waals surface area contributed by atoms with Crippen LogP contribution in [-0.4, -0.2) is 273 Å². The number of nitrogens with zero attached hydrogens (tertiary/aromatic N) is 14. The molecule has 6 aliphatic rings. The number of likely N-dealkylation sites (tertiary alicyclic amines) is 4. The zero-order valence-electron chi connectivity index (χ0n) is 84.3. The number of aromatic nitrogens is 4. The number of halogens is 4. The minimum atomic E-state index is -0.395. The van der Waals surface area contributed by atoms with Crippen molar-refractivity contribution >= 4 is 145 Å². The van der Waals surface area contributed by atoms with Gasteiger partial charge in [0.1, 0.15) is 34.2 Å². The fraction of sp³-hybridized carbons (Fsp3) is 0.549. The molecule has 41 heteroatoms. The number of amides is 12. The largest absolute Gasteiger partial charge is 0.617 e. The highest BCUT2D eigenvalue weighted by Gasteiger charge is 2.38. The Kier molecular flexibility index (Phi) is 44.7. The van der Waals surface area contributed by atoms with Crippen molar-refractivity contribution in [3.05, 3.63) is 207 Å². The number of rotatable bonds is 38. The summed E-state index contributed by atoms with van der Waals surface area (Å²) >= 11 is 30.4. The molecule has 8 aromatic rings. The summed E-state index contributed by atoms with van der Waals surface area (Å²) in [6.45, 7) is 34.4. The van der Waals surface area contributed by atoms with E-state index in [9.17, 15) is 48.4 Å². The predicted molar refractivity (Wildman–Crippen MR) is 563 cm³/mol. The normalized spacial score (nSPS) is 16.5. The number of carbonyl (C=O) groups is 9. The van der Waals surface area contributed by atoms with Crippen LogP contribution in [-0.2, 0) is 45.4 Å². The van der Waals surface area contributed by atoms with E-state index < -0.39 is 5.91 Å². The van der Waals surface area contributed by atoms with Crippen LogP contribution in [0.1, 0.15) is 233 Å². The Bertz CT molecular complexity index is 5490. The van der Waals surface area contributed by atoms with Crippen LogP contribution in [0.15, 0.2) is 91.6 Å². The number of piperidine rings is 4. The minimum absolute atomic E-state index is 0.00439. The number of carbonyl (C=O) groups excluding carboxylic acids is 9. The van der Waals surface area contributed by atoms with Gasteiger partial charge in [0.2, 0.25) is 11.8 Å². The zero-order chi connectivity index (χ0) is 103. The van der Waals surface area contributed by atoms with E-state index in [2.05, 4.69) is 138 Å². The summed E-state index contributed by atoms with van der Waals surface area (Å²) in [5.41, 5.74) is 16.6. The SMILES string of the molecule is CONC(=O)N(Cc1ccsc1)C1CCN([C@H](C)CCNC(=O)c2c(C)cc(C#N)nc2C)CC1.CONC(=O)N(Cc1ccsc1)C1CCN([C@H](C)CCNC(=O)c2c(C)cc(Cl)[n+]([O-])c2Cl)CC1.Cc1cc(Cl)nc(C)c1C(=O)NCC[C@@H](C)N1CCC(N(Cc2ccsc2)C(=O)CC2CC2)CC1.Cc1cc(Cl)nc(C)c1C(=O)NCC[C@@H](C)N1CCC(N(Cc2ccsc2)C(=O)CN2CCNC2=O)CC1. The summed E-state index contributed by atoms with van der Waals surface area (Å²) in [7, 11) is 2.88. The molecule has 6 fully saturated rings. The van der Waals surface area contributed by atoms with E-state index in [0.29, 0.717) is 161 Å². The van der Waals surface area contributed by atoms with Crippen LogP contribution in [0.4, 0.5) is 14.4 Å². The van der Waals surface area contributed by atoms with Crippen molar-refractivity contribution in [1.82, 2.24) is 96.6 Å². The monoisotopic (exact) mass is 2120 g/mol. The standard InChI is InChI=1S/C27H37ClN6O3S.C27H37ClN4O2S.C25H34N6O3S.C23H31Cl2N5O4S/c1-18-14-23(28)31-20(3)25(18)26(36)29-8-4-19(2)32-10-5-22(6-11-32)34(15-21-7-13-38-17-21)24(35)16-33-12-9-30-27(33)37;1-18-14-24(28)30-20(3)26(18)27(34)29-10-6-19(2)31-11-7-23(8-12-31)32(16-22-9-13-35-17-22)25(33)15-21-4-5-21;1-17-13-21(14-26)28-19(3)23(17)24(32)27-9-5-18(2)30-10-6-22(7-11-30)31(25(33)29-34-4)15-20-8-12-35-16-20;1-15-12-19(24)30(33)21(25)20(15)22(31)26-8-4-16(2)28-9-5-18(6-10-28)29(23(32)27-34-3)13-17-7-11-35-14-17/h7,13-14,17,19,22H,4-6,8-12,15-16H2,1-3H3,(H,29,36)(H,30,37);9,13-14,17,19,21,23H,4-8,10-12,15-16H2,1-3H3,(H,29,34);8,12-13,16,18,22H,5-7,9-11,15H2,1-4H3,(H,27,32)(H,29,33);7,11-12,14,16,18H,4-6,8-10,13H2,1-3H3,(H,26,31)(H,27,32)/t2*19-;18-;16-/m1111/s1. The summed E-state index contributed by atoms with van der Waals surface area (Å²) in [6, 6.07) is 18.1. The van der Waals surface area contributed by atoms with E-state index in [1.807, 2.05) is 82.1 Å². The summed E-state index contributed by atoms with van der Waals surface area (Å²) in [5, 5.41) is 52.7. The first-order chi connectivity index (χ1) is 68.6. The smallest absolute Gasteiger partial charge is 0.341 e. The maximum absolute atomic E-state index is 13.3. The Balaban J connectivity index is 0.000000182. The van der Waals surface area contributed by atoms with E-state index in [4.69, 9.17) is 61.3 Å². The molecule has 143 heavy (non-hydrogen) atoms. The number of hydrogen-bond acceptors (Lipinski definition) is 24. The van der Waals surface area contributed by atoms with Crippen molar-refractivity contribution < 1.29 is 57.6 Å². The fourth-order valence-corrected chi connectivity index (χ4v) is 23.3. The first kappa shape index (κ1) is 114. The van der Waals surface area contributed by atoms with Gasteiger partial charge in [0.25, 0.3) is 28.8 Å². The van der Waals surface area contributed by atoms with Crippen LogP contribution in [0.5, 0.6) is 0 Å². The van der Waals surface area contributed by atoms with E-state index in [-0.39, 0.29) is 88.3 Å². The van der Waals surface area contributed by atoms with Crippen molar-refractivity contribution in [2.24, 2.45) is 5.92 Å². The van der Waals surface area contributed by atoms with Crippen LogP contribution >= 0.6 is 91.8 Å². The minimum Gasteiger partial charge on any atom is -0.617 e. The lowest BCUT2D eigenvalue weighted by atomic mass is 9.99. The molecular weight excluding hydrogens is 1980 g/mol. The van der Waals surface area contributed by atoms with E-state index in [1.54, 1.807) is 89.2 Å². The van der Waals surface area contributed by atoms with Gasteiger partial charge in [-0.2, -0.15) is 50.6 Å². The number of hydroxylamine groups is 2. The molecule has 0 aromatic carbocycles. The summed E-state index contributed by atoms with van der Waals surface area (Å²) in [4.78, 5) is 156. The Morgan fingerprint density at radius 3 is 1.10 bits per heavy atom. The molecule has 5 saturated heterocycles. The zero-order valence-corrected chi connectivity index (χ0v) is 90.6. The van der Waals surface area contributed by atoms with Crippen LogP contribution in [0.25, 0.3) is 0 Å². The van der Waals surface area contributed by atoms with Gasteiger partial charge in [0, 0.05) is 179 Å². The number of urea groups is 3. The molecule has 4 atom stereocenters. The Morgan fingerprint density at radius 1 is 0.469 bits per heavy atom. The number of pyridine rings is 4. The van der Waals surface area contributed by atoms with E-state index >= 15 is 0 Å². The predicted octanol–water partition coefficient (Wildman–Crippen LogP) is 15.8. The molecule has 13 heterocycles. The van der Waals surface area contributed by atoms with Gasteiger partial charge >= 0.3 is 23.2 Å². The molecule has 1 aliphatic carbocycles. The van der Waals surface area contributed by atoms with Gasteiger partial charge in [-0.15, -0.1) is 4.73 Å². The van der Waals surface area contributed by atoms with Gasteiger partial charge < -0.3 is 75.9 Å². The molecule has 12 amide bonds. The molecule has 8 aromatic heterocycles. The topological polar surface area (TPSA) is 375 Å². The second-order valence-corrected chi connectivity index (χ2v) is 42.6. The summed E-state index contributed by atoms with van der Waals surface area (Å²) in [6.07, 6.45) is 13.6. The molecule has 0 radical (unpaired) electrons. The molecular formula is C102H139Cl4N21O12S4. The molecule has 7 N–H and O–H groups in total.